The molecule has 0 aliphatic carbocycles. The molecule has 0 aliphatic rings. The second-order valence-corrected chi connectivity index (χ2v) is 5.87. The highest BCUT2D eigenvalue weighted by atomic mass is 79.9. The van der Waals surface area contributed by atoms with E-state index in [0.29, 0.717) is 5.69 Å². The summed E-state index contributed by atoms with van der Waals surface area (Å²) >= 11 is 3.33. The highest BCUT2D eigenvalue weighted by molar-refractivity contribution is 9.08. The summed E-state index contributed by atoms with van der Waals surface area (Å²) in [6, 6.07) is 10.3. The van der Waals surface area contributed by atoms with E-state index in [2.05, 4.69) is 25.6 Å². The van der Waals surface area contributed by atoms with Gasteiger partial charge < -0.3 is 0 Å². The maximum absolute atomic E-state index is 12.0. The molecule has 0 aliphatic heterocycles. The van der Waals surface area contributed by atoms with Crippen molar-refractivity contribution in [1.29, 1.82) is 0 Å². The largest absolute Gasteiger partial charge is 0.280 e. The number of rotatable bonds is 4. The third kappa shape index (κ3) is 3.08. The molecule has 0 spiro atoms. The van der Waals surface area contributed by atoms with Crippen LogP contribution in [0.15, 0.2) is 53.7 Å². The fraction of sp³-hybridized carbons (Fsp3) is 0.0833. The summed E-state index contributed by atoms with van der Waals surface area (Å²) in [6.45, 7) is 0. The zero-order valence-electron chi connectivity index (χ0n) is 9.38. The summed E-state index contributed by atoms with van der Waals surface area (Å²) < 4.78 is 26.5. The van der Waals surface area contributed by atoms with E-state index in [9.17, 15) is 8.42 Å². The number of anilines is 1. The maximum atomic E-state index is 12.0. The van der Waals surface area contributed by atoms with E-state index in [1.807, 2.05) is 12.1 Å². The van der Waals surface area contributed by atoms with Gasteiger partial charge in [-0.2, -0.15) is 0 Å². The van der Waals surface area contributed by atoms with Crippen molar-refractivity contribution in [3.8, 4) is 0 Å². The van der Waals surface area contributed by atoms with Gasteiger partial charge in [-0.05, 0) is 29.8 Å². The van der Waals surface area contributed by atoms with Crippen molar-refractivity contribution >= 4 is 31.6 Å². The van der Waals surface area contributed by atoms with Gasteiger partial charge in [-0.25, -0.2) is 8.42 Å². The number of nitrogens with one attached hydrogen (secondary N) is 1. The molecular weight excluding hydrogens is 316 g/mol. The molecule has 0 fully saturated rings. The maximum Gasteiger partial charge on any atom is 0.263 e. The molecule has 0 atom stereocenters. The molecular formula is C12H11BrN2O2S. The minimum Gasteiger partial charge on any atom is -0.280 e. The molecule has 2 aromatic rings. The molecule has 1 heterocycles. The Morgan fingerprint density at radius 1 is 1.17 bits per heavy atom. The lowest BCUT2D eigenvalue weighted by molar-refractivity contribution is 0.601. The van der Waals surface area contributed by atoms with Crippen LogP contribution in [0.3, 0.4) is 0 Å². The van der Waals surface area contributed by atoms with E-state index in [4.69, 9.17) is 0 Å². The van der Waals surface area contributed by atoms with Gasteiger partial charge in [0.25, 0.3) is 10.0 Å². The number of pyridine rings is 1. The Kier molecular flexibility index (Phi) is 3.98. The van der Waals surface area contributed by atoms with Crippen molar-refractivity contribution < 1.29 is 8.42 Å². The molecule has 0 radical (unpaired) electrons. The number of benzene rings is 1. The van der Waals surface area contributed by atoms with Gasteiger partial charge in [0.1, 0.15) is 4.90 Å². The number of aromatic nitrogens is 1. The smallest absolute Gasteiger partial charge is 0.263 e. The second-order valence-electron chi connectivity index (χ2n) is 3.62. The number of hydrogen-bond donors (Lipinski definition) is 1. The van der Waals surface area contributed by atoms with Crippen LogP contribution >= 0.6 is 15.9 Å². The van der Waals surface area contributed by atoms with Gasteiger partial charge in [0.05, 0.1) is 0 Å². The lowest BCUT2D eigenvalue weighted by Gasteiger charge is -2.07. The Morgan fingerprint density at radius 2 is 1.89 bits per heavy atom. The Balaban J connectivity index is 2.22. The molecule has 6 heteroatoms. The molecule has 2 rings (SSSR count). The molecule has 0 unspecified atom stereocenters. The predicted molar refractivity (Wildman–Crippen MR) is 74.1 cm³/mol. The minimum atomic E-state index is -3.56. The fourth-order valence-electron chi connectivity index (χ4n) is 1.38. The van der Waals surface area contributed by atoms with Crippen molar-refractivity contribution in [2.24, 2.45) is 0 Å². The zero-order chi connectivity index (χ0) is 13.0. The van der Waals surface area contributed by atoms with Crippen LogP contribution < -0.4 is 4.72 Å². The van der Waals surface area contributed by atoms with Crippen molar-refractivity contribution in [3.63, 3.8) is 0 Å². The van der Waals surface area contributed by atoms with Crippen LogP contribution in [-0.2, 0) is 15.4 Å². The summed E-state index contributed by atoms with van der Waals surface area (Å²) in [6.07, 6.45) is 2.85. The van der Waals surface area contributed by atoms with Crippen LogP contribution in [0.5, 0.6) is 0 Å². The van der Waals surface area contributed by atoms with Crippen LogP contribution in [0.25, 0.3) is 0 Å². The summed E-state index contributed by atoms with van der Waals surface area (Å²) in [5, 5.41) is 0.739. The van der Waals surface area contributed by atoms with Crippen LogP contribution in [-0.4, -0.2) is 13.4 Å². The molecule has 1 aromatic heterocycles. The first-order chi connectivity index (χ1) is 8.62. The number of alkyl halides is 1. The van der Waals surface area contributed by atoms with E-state index < -0.39 is 10.0 Å². The molecule has 0 saturated heterocycles. The van der Waals surface area contributed by atoms with E-state index >= 15 is 0 Å². The van der Waals surface area contributed by atoms with Crippen LogP contribution in [0.4, 0.5) is 5.69 Å². The summed E-state index contributed by atoms with van der Waals surface area (Å²) in [7, 11) is -3.56. The minimum absolute atomic E-state index is 0.148. The molecule has 1 aromatic carbocycles. The number of halogens is 1. The van der Waals surface area contributed by atoms with Gasteiger partial charge in [0.2, 0.25) is 0 Å². The van der Waals surface area contributed by atoms with Crippen molar-refractivity contribution in [2.45, 2.75) is 10.2 Å². The molecule has 0 saturated carbocycles. The van der Waals surface area contributed by atoms with Crippen LogP contribution in [0, 0.1) is 0 Å². The van der Waals surface area contributed by atoms with Crippen molar-refractivity contribution in [1.82, 2.24) is 4.98 Å². The van der Waals surface area contributed by atoms with Crippen molar-refractivity contribution in [2.75, 3.05) is 4.72 Å². The molecule has 18 heavy (non-hydrogen) atoms. The molecule has 4 nitrogen and oxygen atoms in total. The highest BCUT2D eigenvalue weighted by Crippen LogP contribution is 2.16. The average molecular weight is 327 g/mol. The normalized spacial score (nSPS) is 11.2. The molecule has 94 valence electrons. The third-order valence-corrected chi connectivity index (χ3v) is 4.32. The van der Waals surface area contributed by atoms with Gasteiger partial charge >= 0.3 is 0 Å². The Bertz CT molecular complexity index is 612. The Morgan fingerprint density at radius 3 is 2.44 bits per heavy atom. The second kappa shape index (κ2) is 5.49. The van der Waals surface area contributed by atoms with E-state index in [-0.39, 0.29) is 4.90 Å². The predicted octanol–water partition coefficient (Wildman–Crippen LogP) is 2.78. The lowest BCUT2D eigenvalue weighted by atomic mass is 10.2. The first-order valence-electron chi connectivity index (χ1n) is 5.19. The quantitative estimate of drug-likeness (QED) is 0.879. The molecule has 0 amide bonds. The van der Waals surface area contributed by atoms with Gasteiger partial charge in [-0.3, -0.25) is 9.71 Å². The Hall–Kier alpha value is -1.40. The number of hydrogen-bond acceptors (Lipinski definition) is 3. The lowest BCUT2D eigenvalue weighted by Crippen LogP contribution is -2.12. The van der Waals surface area contributed by atoms with E-state index in [1.54, 1.807) is 18.2 Å². The zero-order valence-corrected chi connectivity index (χ0v) is 11.8. The SMILES string of the molecule is O=S(=O)(Nc1ccc(CBr)cc1)c1cccnc1. The van der Waals surface area contributed by atoms with Crippen molar-refractivity contribution in [3.05, 3.63) is 54.4 Å². The first kappa shape index (κ1) is 13.0. The van der Waals surface area contributed by atoms with Gasteiger partial charge in [-0.1, -0.05) is 28.1 Å². The summed E-state index contributed by atoms with van der Waals surface area (Å²) in [5.41, 5.74) is 1.61. The number of sulfonamides is 1. The summed E-state index contributed by atoms with van der Waals surface area (Å²) in [4.78, 5) is 3.94. The standard InChI is InChI=1S/C12H11BrN2O2S/c13-8-10-3-5-11(6-4-10)15-18(16,17)12-2-1-7-14-9-12/h1-7,9,15H,8H2. The highest BCUT2D eigenvalue weighted by Gasteiger charge is 2.13. The molecule has 1 N–H and O–H groups in total. The van der Waals surface area contributed by atoms with Gasteiger partial charge in [0, 0.05) is 23.4 Å². The Labute approximate surface area is 114 Å². The summed E-state index contributed by atoms with van der Waals surface area (Å²) in [5.74, 6) is 0. The fourth-order valence-corrected chi connectivity index (χ4v) is 2.78. The number of nitrogens with zero attached hydrogens (tertiary/aromatic N) is 1. The third-order valence-electron chi connectivity index (χ3n) is 2.31. The van der Waals surface area contributed by atoms with E-state index in [1.165, 1.54) is 18.5 Å². The van der Waals surface area contributed by atoms with Crippen LogP contribution in [0.1, 0.15) is 5.56 Å². The van der Waals surface area contributed by atoms with E-state index in [0.717, 1.165) is 10.9 Å². The van der Waals surface area contributed by atoms with Gasteiger partial charge in [-0.15, -0.1) is 0 Å². The first-order valence-corrected chi connectivity index (χ1v) is 7.80. The topological polar surface area (TPSA) is 59.1 Å². The van der Waals surface area contributed by atoms with Gasteiger partial charge in [0.15, 0.2) is 0 Å². The average Bonchev–Trinajstić information content (AvgIpc) is 2.40. The van der Waals surface area contributed by atoms with Crippen LogP contribution in [0.2, 0.25) is 0 Å². The molecule has 0 bridgehead atoms. The monoisotopic (exact) mass is 326 g/mol.